The molecule has 4 heteroatoms. The van der Waals surface area contributed by atoms with Crippen LogP contribution in [-0.4, -0.2) is 16.6 Å². The molecule has 0 saturated carbocycles. The molecule has 0 aliphatic heterocycles. The second-order valence-electron chi connectivity index (χ2n) is 4.10. The van der Waals surface area contributed by atoms with Gasteiger partial charge in [0.25, 0.3) is 0 Å². The average Bonchev–Trinajstić information content (AvgIpc) is 2.72. The molecule has 2 aromatic rings. The number of benzene rings is 1. The topological polar surface area (TPSA) is 29.9 Å². The molecule has 1 heterocycles. The number of hydrogen-bond donors (Lipinski definition) is 1. The van der Waals surface area contributed by atoms with E-state index in [4.69, 9.17) is 11.6 Å². The molecule has 0 bridgehead atoms. The van der Waals surface area contributed by atoms with Crippen LogP contribution in [0.3, 0.4) is 0 Å². The molecular formula is C13H16ClN3. The fourth-order valence-corrected chi connectivity index (χ4v) is 2.17. The van der Waals surface area contributed by atoms with Crippen LogP contribution >= 0.6 is 11.6 Å². The van der Waals surface area contributed by atoms with Gasteiger partial charge in [-0.15, -0.1) is 0 Å². The molecule has 2 rings (SSSR count). The number of aryl methyl sites for hydroxylation is 1. The molecule has 1 N–H and O–H groups in total. The Balaban J connectivity index is 2.19. The van der Waals surface area contributed by atoms with Crippen molar-refractivity contribution in [3.63, 3.8) is 0 Å². The van der Waals surface area contributed by atoms with E-state index in [1.54, 1.807) is 0 Å². The van der Waals surface area contributed by atoms with Crippen LogP contribution in [0.5, 0.6) is 0 Å². The second-order valence-corrected chi connectivity index (χ2v) is 4.54. The highest BCUT2D eigenvalue weighted by molar-refractivity contribution is 6.30. The van der Waals surface area contributed by atoms with Crippen molar-refractivity contribution in [2.75, 3.05) is 7.05 Å². The van der Waals surface area contributed by atoms with E-state index in [0.717, 1.165) is 11.4 Å². The lowest BCUT2D eigenvalue weighted by molar-refractivity contribution is 0.555. The van der Waals surface area contributed by atoms with E-state index in [1.165, 1.54) is 11.3 Å². The summed E-state index contributed by atoms with van der Waals surface area (Å²) in [5, 5.41) is 4.09. The van der Waals surface area contributed by atoms with Crippen molar-refractivity contribution in [1.29, 1.82) is 0 Å². The summed E-state index contributed by atoms with van der Waals surface area (Å²) in [5.41, 5.74) is 2.39. The molecule has 90 valence electrons. The van der Waals surface area contributed by atoms with Crippen molar-refractivity contribution in [2.45, 2.75) is 12.5 Å². The van der Waals surface area contributed by atoms with Crippen LogP contribution in [0.2, 0.25) is 5.02 Å². The summed E-state index contributed by atoms with van der Waals surface area (Å²) in [6.07, 6.45) is 4.61. The molecular weight excluding hydrogens is 234 g/mol. The first-order valence-electron chi connectivity index (χ1n) is 5.58. The van der Waals surface area contributed by atoms with E-state index in [-0.39, 0.29) is 6.04 Å². The molecule has 0 fully saturated rings. The summed E-state index contributed by atoms with van der Waals surface area (Å²) in [4.78, 5) is 4.15. The molecule has 0 aliphatic carbocycles. The zero-order valence-corrected chi connectivity index (χ0v) is 10.8. The lowest BCUT2D eigenvalue weighted by Crippen LogP contribution is -2.21. The normalized spacial score (nSPS) is 12.6. The molecule has 0 radical (unpaired) electrons. The van der Waals surface area contributed by atoms with Crippen molar-refractivity contribution in [2.24, 2.45) is 7.05 Å². The van der Waals surface area contributed by atoms with Gasteiger partial charge in [-0.2, -0.15) is 0 Å². The van der Waals surface area contributed by atoms with E-state index in [2.05, 4.69) is 16.4 Å². The van der Waals surface area contributed by atoms with Gasteiger partial charge in [0.1, 0.15) is 0 Å². The number of imidazole rings is 1. The second kappa shape index (κ2) is 5.34. The van der Waals surface area contributed by atoms with Gasteiger partial charge in [0.15, 0.2) is 0 Å². The quantitative estimate of drug-likeness (QED) is 0.903. The van der Waals surface area contributed by atoms with Gasteiger partial charge in [0.2, 0.25) is 0 Å². The van der Waals surface area contributed by atoms with Crippen molar-refractivity contribution >= 4 is 11.6 Å². The Morgan fingerprint density at radius 1 is 1.47 bits per heavy atom. The minimum atomic E-state index is 0.251. The molecule has 1 atom stereocenters. The fourth-order valence-electron chi connectivity index (χ4n) is 1.96. The molecule has 0 aliphatic rings. The third-order valence-corrected chi connectivity index (χ3v) is 3.12. The largest absolute Gasteiger partial charge is 0.336 e. The van der Waals surface area contributed by atoms with Crippen LogP contribution in [0.15, 0.2) is 36.8 Å². The highest BCUT2D eigenvalue weighted by Gasteiger charge is 2.13. The van der Waals surface area contributed by atoms with E-state index in [1.807, 2.05) is 49.4 Å². The Morgan fingerprint density at radius 2 is 2.29 bits per heavy atom. The highest BCUT2D eigenvalue weighted by atomic mass is 35.5. The first-order chi connectivity index (χ1) is 8.20. The molecule has 1 unspecified atom stereocenters. The van der Waals surface area contributed by atoms with Gasteiger partial charge in [-0.1, -0.05) is 23.7 Å². The minimum absolute atomic E-state index is 0.251. The summed E-state index contributed by atoms with van der Waals surface area (Å²) < 4.78 is 2.03. The number of rotatable bonds is 4. The number of likely N-dealkylation sites (N-methyl/N-ethyl adjacent to an activating group) is 1. The van der Waals surface area contributed by atoms with Crippen LogP contribution in [0.1, 0.15) is 17.3 Å². The summed E-state index contributed by atoms with van der Waals surface area (Å²) in [6.45, 7) is 0. The summed E-state index contributed by atoms with van der Waals surface area (Å²) in [6, 6.07) is 8.22. The summed E-state index contributed by atoms with van der Waals surface area (Å²) >= 11 is 5.99. The monoisotopic (exact) mass is 249 g/mol. The third-order valence-electron chi connectivity index (χ3n) is 2.89. The Bertz CT molecular complexity index is 493. The molecule has 0 saturated heterocycles. The standard InChI is InChI=1S/C13H16ClN3/c1-15-12(13-8-16-9-17(13)2)7-10-4-3-5-11(14)6-10/h3-6,8-9,12,15H,7H2,1-2H3. The van der Waals surface area contributed by atoms with Gasteiger partial charge in [-0.3, -0.25) is 0 Å². The molecule has 1 aromatic carbocycles. The van der Waals surface area contributed by atoms with Crippen molar-refractivity contribution < 1.29 is 0 Å². The Hall–Kier alpha value is -1.32. The summed E-state index contributed by atoms with van der Waals surface area (Å²) in [5.74, 6) is 0. The molecule has 1 aromatic heterocycles. The molecule has 3 nitrogen and oxygen atoms in total. The number of aromatic nitrogens is 2. The number of nitrogens with zero attached hydrogens (tertiary/aromatic N) is 2. The van der Waals surface area contributed by atoms with Crippen LogP contribution < -0.4 is 5.32 Å². The smallest absolute Gasteiger partial charge is 0.0946 e. The first kappa shape index (κ1) is 12.1. The lowest BCUT2D eigenvalue weighted by atomic mass is 10.0. The molecule has 0 spiro atoms. The zero-order valence-electron chi connectivity index (χ0n) is 10.0. The number of halogens is 1. The third kappa shape index (κ3) is 2.87. The van der Waals surface area contributed by atoms with Crippen molar-refractivity contribution in [1.82, 2.24) is 14.9 Å². The predicted octanol–water partition coefficient (Wildman–Crippen LogP) is 2.58. The average molecular weight is 250 g/mol. The highest BCUT2D eigenvalue weighted by Crippen LogP contribution is 2.19. The van der Waals surface area contributed by atoms with Crippen molar-refractivity contribution in [3.8, 4) is 0 Å². The van der Waals surface area contributed by atoms with Gasteiger partial charge < -0.3 is 9.88 Å². The lowest BCUT2D eigenvalue weighted by Gasteiger charge is -2.16. The van der Waals surface area contributed by atoms with Crippen LogP contribution in [0.4, 0.5) is 0 Å². The molecule has 0 amide bonds. The van der Waals surface area contributed by atoms with Crippen LogP contribution in [-0.2, 0) is 13.5 Å². The van der Waals surface area contributed by atoms with Gasteiger partial charge in [0, 0.05) is 18.3 Å². The first-order valence-corrected chi connectivity index (χ1v) is 5.96. The maximum atomic E-state index is 5.99. The zero-order chi connectivity index (χ0) is 12.3. The van der Waals surface area contributed by atoms with Crippen LogP contribution in [0, 0.1) is 0 Å². The van der Waals surface area contributed by atoms with Crippen molar-refractivity contribution in [3.05, 3.63) is 53.1 Å². The maximum absolute atomic E-state index is 5.99. The summed E-state index contributed by atoms with van der Waals surface area (Å²) in [7, 11) is 3.97. The van der Waals surface area contributed by atoms with Gasteiger partial charge in [-0.25, -0.2) is 4.98 Å². The Labute approximate surface area is 106 Å². The molecule has 17 heavy (non-hydrogen) atoms. The predicted molar refractivity (Wildman–Crippen MR) is 70.2 cm³/mol. The van der Waals surface area contributed by atoms with E-state index >= 15 is 0 Å². The minimum Gasteiger partial charge on any atom is -0.336 e. The maximum Gasteiger partial charge on any atom is 0.0946 e. The number of nitrogens with one attached hydrogen (secondary N) is 1. The van der Waals surface area contributed by atoms with E-state index in [0.29, 0.717) is 0 Å². The fraction of sp³-hybridized carbons (Fsp3) is 0.308. The Kier molecular flexibility index (Phi) is 3.82. The Morgan fingerprint density at radius 3 is 2.88 bits per heavy atom. The number of hydrogen-bond acceptors (Lipinski definition) is 2. The SMILES string of the molecule is CNC(Cc1cccc(Cl)c1)c1cncn1C. The van der Waals surface area contributed by atoms with Gasteiger partial charge in [-0.05, 0) is 31.2 Å². The van der Waals surface area contributed by atoms with Gasteiger partial charge >= 0.3 is 0 Å². The van der Waals surface area contributed by atoms with Gasteiger partial charge in [0.05, 0.1) is 18.1 Å². The van der Waals surface area contributed by atoms with E-state index in [9.17, 15) is 0 Å². The van der Waals surface area contributed by atoms with E-state index < -0.39 is 0 Å². The van der Waals surface area contributed by atoms with Crippen LogP contribution in [0.25, 0.3) is 0 Å².